The van der Waals surface area contributed by atoms with Crippen LogP contribution in [0.25, 0.3) is 0 Å². The van der Waals surface area contributed by atoms with E-state index in [-0.39, 0.29) is 35.2 Å². The predicted molar refractivity (Wildman–Crippen MR) is 96.3 cm³/mol. The number of allylic oxidation sites excluding steroid dienone is 2. The van der Waals surface area contributed by atoms with E-state index in [2.05, 4.69) is 5.32 Å². The lowest BCUT2D eigenvalue weighted by Gasteiger charge is -2.11. The molecule has 1 aromatic rings. The summed E-state index contributed by atoms with van der Waals surface area (Å²) in [4.78, 5) is 32.1. The number of amides is 1. The molecule has 0 saturated carbocycles. The van der Waals surface area contributed by atoms with Crippen LogP contribution in [0.5, 0.6) is 5.75 Å². The summed E-state index contributed by atoms with van der Waals surface area (Å²) >= 11 is 12.3. The molecule has 0 unspecified atom stereocenters. The summed E-state index contributed by atoms with van der Waals surface area (Å²) < 4.78 is 5.47. The highest BCUT2D eigenvalue weighted by molar-refractivity contribution is 6.43. The Morgan fingerprint density at radius 2 is 2.04 bits per heavy atom. The van der Waals surface area contributed by atoms with Crippen molar-refractivity contribution in [2.75, 3.05) is 13.2 Å². The number of carboxylic acid groups (broad SMARTS) is 1. The molecule has 0 fully saturated rings. The summed E-state index contributed by atoms with van der Waals surface area (Å²) in [6, 6.07) is 3.15. The van der Waals surface area contributed by atoms with E-state index in [1.165, 1.54) is 6.08 Å². The quantitative estimate of drug-likeness (QED) is 0.351. The molecule has 0 saturated heterocycles. The van der Waals surface area contributed by atoms with Crippen molar-refractivity contribution in [1.82, 2.24) is 5.32 Å². The minimum Gasteiger partial charge on any atom is -0.492 e. The molecule has 26 heavy (non-hydrogen) atoms. The molecular weight excluding hydrogens is 387 g/mol. The predicted octanol–water partition coefficient (Wildman–Crippen LogP) is 3.08. The highest BCUT2D eigenvalue weighted by atomic mass is 35.5. The zero-order chi connectivity index (χ0) is 19.7. The third kappa shape index (κ3) is 6.89. The van der Waals surface area contributed by atoms with Gasteiger partial charge < -0.3 is 15.2 Å². The molecule has 8 nitrogen and oxygen atoms in total. The standard InChI is InChI=1S/C16H18Cl2N2O6/c1-2-11(20(24)25)8-10-5-6-12(16(18)15(10)17)26-7-3-4-13(21)19-9-14(22)23/h2,5-6H,3-4,7-9H2,1H3,(H,19,21)(H,22,23)/b11-2-. The molecule has 0 aliphatic carbocycles. The van der Waals surface area contributed by atoms with Crippen molar-refractivity contribution in [2.24, 2.45) is 0 Å². The largest absolute Gasteiger partial charge is 0.492 e. The van der Waals surface area contributed by atoms with Gasteiger partial charge in [-0.1, -0.05) is 29.3 Å². The summed E-state index contributed by atoms with van der Waals surface area (Å²) in [7, 11) is 0. The van der Waals surface area contributed by atoms with Crippen molar-refractivity contribution >= 4 is 35.1 Å². The summed E-state index contributed by atoms with van der Waals surface area (Å²) in [5.41, 5.74) is 0.505. The number of carbonyl (C=O) groups excluding carboxylic acids is 1. The summed E-state index contributed by atoms with van der Waals surface area (Å²) in [6.07, 6.45) is 1.88. The fourth-order valence-corrected chi connectivity index (χ4v) is 2.43. The Morgan fingerprint density at radius 1 is 1.35 bits per heavy atom. The minimum absolute atomic E-state index is 0.00371. The number of rotatable bonds is 10. The van der Waals surface area contributed by atoms with Crippen LogP contribution in [0.1, 0.15) is 25.3 Å². The first-order chi connectivity index (χ1) is 12.3. The van der Waals surface area contributed by atoms with Gasteiger partial charge in [0.2, 0.25) is 11.6 Å². The summed E-state index contributed by atoms with van der Waals surface area (Å²) in [5, 5.41) is 21.9. The lowest BCUT2D eigenvalue weighted by molar-refractivity contribution is -0.427. The molecule has 142 valence electrons. The summed E-state index contributed by atoms with van der Waals surface area (Å²) in [6.45, 7) is 1.31. The topological polar surface area (TPSA) is 119 Å². The Balaban J connectivity index is 2.59. The third-order valence-electron chi connectivity index (χ3n) is 3.31. The molecule has 0 bridgehead atoms. The summed E-state index contributed by atoms with van der Waals surface area (Å²) in [5.74, 6) is -1.21. The van der Waals surface area contributed by atoms with Crippen molar-refractivity contribution < 1.29 is 24.4 Å². The molecule has 0 aromatic heterocycles. The number of hydrogen-bond donors (Lipinski definition) is 2. The Bertz CT molecular complexity index is 721. The molecule has 0 spiro atoms. The molecule has 0 radical (unpaired) electrons. The van der Waals surface area contributed by atoms with Crippen molar-refractivity contribution in [1.29, 1.82) is 0 Å². The van der Waals surface area contributed by atoms with Crippen LogP contribution in [0.15, 0.2) is 23.9 Å². The number of aliphatic carboxylic acids is 1. The van der Waals surface area contributed by atoms with Crippen LogP contribution in [0, 0.1) is 10.1 Å². The van der Waals surface area contributed by atoms with Gasteiger partial charge in [-0.3, -0.25) is 19.7 Å². The molecule has 1 amide bonds. The number of carbonyl (C=O) groups is 2. The van der Waals surface area contributed by atoms with E-state index in [4.69, 9.17) is 33.0 Å². The second-order valence-corrected chi connectivity index (χ2v) is 5.94. The van der Waals surface area contributed by atoms with Crippen LogP contribution in [0.4, 0.5) is 0 Å². The zero-order valence-corrected chi connectivity index (χ0v) is 15.5. The van der Waals surface area contributed by atoms with Crippen molar-refractivity contribution in [3.05, 3.63) is 49.6 Å². The lowest BCUT2D eigenvalue weighted by atomic mass is 10.1. The van der Waals surface area contributed by atoms with Crippen molar-refractivity contribution in [2.45, 2.75) is 26.2 Å². The molecule has 0 atom stereocenters. The maximum absolute atomic E-state index is 11.4. The maximum atomic E-state index is 11.4. The van der Waals surface area contributed by atoms with Gasteiger partial charge in [-0.15, -0.1) is 0 Å². The third-order valence-corrected chi connectivity index (χ3v) is 4.21. The average Bonchev–Trinajstić information content (AvgIpc) is 2.59. The SMILES string of the molecule is C/C=C(/Cc1ccc(OCCCC(=O)NCC(=O)O)c(Cl)c1Cl)[N+](=O)[O-]. The Hall–Kier alpha value is -2.32. The van der Waals surface area contributed by atoms with Gasteiger partial charge in [0, 0.05) is 6.42 Å². The monoisotopic (exact) mass is 404 g/mol. The first kappa shape index (κ1) is 21.7. The van der Waals surface area contributed by atoms with Crippen LogP contribution < -0.4 is 10.1 Å². The number of carboxylic acids is 1. The van der Waals surface area contributed by atoms with Gasteiger partial charge in [0.05, 0.1) is 23.0 Å². The van der Waals surface area contributed by atoms with E-state index >= 15 is 0 Å². The first-order valence-corrected chi connectivity index (χ1v) is 8.39. The van der Waals surface area contributed by atoms with E-state index in [0.717, 1.165) is 0 Å². The molecule has 0 aliphatic heterocycles. The normalized spacial score (nSPS) is 11.1. The molecule has 1 aromatic carbocycles. The highest BCUT2D eigenvalue weighted by Crippen LogP contribution is 2.35. The van der Waals surface area contributed by atoms with Crippen LogP contribution in [-0.2, 0) is 16.0 Å². The van der Waals surface area contributed by atoms with Crippen LogP contribution in [0.2, 0.25) is 10.0 Å². The van der Waals surface area contributed by atoms with Crippen molar-refractivity contribution in [3.63, 3.8) is 0 Å². The zero-order valence-electron chi connectivity index (χ0n) is 14.0. The number of ether oxygens (including phenoxy) is 1. The fourth-order valence-electron chi connectivity index (χ4n) is 1.96. The molecular formula is C16H18Cl2N2O6. The fraction of sp³-hybridized carbons (Fsp3) is 0.375. The van der Waals surface area contributed by atoms with Gasteiger partial charge >= 0.3 is 5.97 Å². The molecule has 10 heteroatoms. The van der Waals surface area contributed by atoms with Gasteiger partial charge in [0.1, 0.15) is 17.3 Å². The lowest BCUT2D eigenvalue weighted by Crippen LogP contribution is -2.29. The number of nitrogens with one attached hydrogen (secondary N) is 1. The second kappa shape index (κ2) is 10.6. The van der Waals surface area contributed by atoms with E-state index < -0.39 is 23.3 Å². The number of nitrogens with zero attached hydrogens (tertiary/aromatic N) is 1. The number of halogens is 2. The van der Waals surface area contributed by atoms with Gasteiger partial charge in [0.25, 0.3) is 0 Å². The van der Waals surface area contributed by atoms with Gasteiger partial charge in [-0.25, -0.2) is 0 Å². The van der Waals surface area contributed by atoms with Crippen LogP contribution >= 0.6 is 23.2 Å². The number of hydrogen-bond acceptors (Lipinski definition) is 5. The van der Waals surface area contributed by atoms with Crippen molar-refractivity contribution in [3.8, 4) is 5.75 Å². The Kier molecular flexibility index (Phi) is 8.87. The van der Waals surface area contributed by atoms with E-state index in [1.54, 1.807) is 19.1 Å². The van der Waals surface area contributed by atoms with Gasteiger partial charge in [-0.2, -0.15) is 0 Å². The maximum Gasteiger partial charge on any atom is 0.322 e. The molecule has 0 heterocycles. The first-order valence-electron chi connectivity index (χ1n) is 7.64. The minimum atomic E-state index is -1.12. The van der Waals surface area contributed by atoms with Gasteiger partial charge in [0.15, 0.2) is 0 Å². The highest BCUT2D eigenvalue weighted by Gasteiger charge is 2.17. The smallest absolute Gasteiger partial charge is 0.322 e. The molecule has 0 aliphatic rings. The van der Waals surface area contributed by atoms with Crippen LogP contribution in [-0.4, -0.2) is 35.1 Å². The number of benzene rings is 1. The average molecular weight is 405 g/mol. The Morgan fingerprint density at radius 3 is 2.62 bits per heavy atom. The number of nitro groups is 1. The Labute approximate surface area is 159 Å². The molecule has 1 rings (SSSR count). The van der Waals surface area contributed by atoms with Crippen LogP contribution in [0.3, 0.4) is 0 Å². The van der Waals surface area contributed by atoms with E-state index in [9.17, 15) is 19.7 Å². The van der Waals surface area contributed by atoms with E-state index in [1.807, 2.05) is 0 Å². The van der Waals surface area contributed by atoms with E-state index in [0.29, 0.717) is 17.7 Å². The molecule has 2 N–H and O–H groups in total. The second-order valence-electron chi connectivity index (χ2n) is 5.19. The van der Waals surface area contributed by atoms with Gasteiger partial charge in [-0.05, 0) is 31.1 Å².